The van der Waals surface area contributed by atoms with Crippen LogP contribution in [0.2, 0.25) is 0 Å². The maximum atomic E-state index is 5.06. The Bertz CT molecular complexity index is 464. The van der Waals surface area contributed by atoms with Gasteiger partial charge in [-0.25, -0.2) is 0 Å². The molecule has 0 aliphatic heterocycles. The highest BCUT2D eigenvalue weighted by Crippen LogP contribution is 2.07. The molecule has 2 rings (SSSR count). The first-order chi connectivity index (χ1) is 5.92. The number of para-hydroxylation sites is 1. The number of hydrogen-bond acceptors (Lipinski definition) is 2. The second-order valence-electron chi connectivity index (χ2n) is 2.25. The van der Waals surface area contributed by atoms with E-state index >= 15 is 0 Å². The third-order valence-corrected chi connectivity index (χ3v) is 1.52. The van der Waals surface area contributed by atoms with Crippen LogP contribution in [0.15, 0.2) is 24.3 Å². The fourth-order valence-corrected chi connectivity index (χ4v) is 1.01. The van der Waals surface area contributed by atoms with E-state index in [1.165, 1.54) is 4.68 Å². The van der Waals surface area contributed by atoms with Crippen LogP contribution in [0.25, 0.3) is 11.0 Å². The summed E-state index contributed by atoms with van der Waals surface area (Å²) in [5.74, 6) is 2.27. The third kappa shape index (κ3) is 0.959. The van der Waals surface area contributed by atoms with E-state index in [0.29, 0.717) is 0 Å². The molecule has 0 aliphatic rings. The number of fused-ring (bicyclic) bond motifs is 1. The van der Waals surface area contributed by atoms with Crippen LogP contribution in [-0.2, 0) is 0 Å². The van der Waals surface area contributed by atoms with Gasteiger partial charge in [-0.3, -0.25) is 0 Å². The summed E-state index contributed by atoms with van der Waals surface area (Å²) in [5, 5.41) is 7.69. The summed E-state index contributed by atoms with van der Waals surface area (Å²) in [6.45, 7) is 0. The lowest BCUT2D eigenvalue weighted by atomic mass is 10.2. The maximum Gasteiger partial charge on any atom is 0.190 e. The van der Waals surface area contributed by atoms with Gasteiger partial charge >= 0.3 is 0 Å². The van der Waals surface area contributed by atoms with Gasteiger partial charge in [-0.2, -0.15) is 4.68 Å². The summed E-state index contributed by atoms with van der Waals surface area (Å²) in [7, 11) is 5.06. The molecule has 1 aromatic heterocycles. The lowest BCUT2D eigenvalue weighted by molar-refractivity contribution is 0.849. The van der Waals surface area contributed by atoms with Gasteiger partial charge in [0.2, 0.25) is 0 Å². The largest absolute Gasteiger partial charge is 0.190 e. The molecule has 0 N–H and O–H groups in total. The van der Waals surface area contributed by atoms with Crippen molar-refractivity contribution in [1.82, 2.24) is 15.0 Å². The summed E-state index contributed by atoms with van der Waals surface area (Å²) >= 11 is 0. The van der Waals surface area contributed by atoms with Gasteiger partial charge in [0.05, 0.1) is 0 Å². The van der Waals surface area contributed by atoms with E-state index in [2.05, 4.69) is 22.2 Å². The van der Waals surface area contributed by atoms with Crippen LogP contribution in [0.3, 0.4) is 0 Å². The Kier molecular flexibility index (Phi) is 1.56. The number of aromatic nitrogens is 3. The number of benzene rings is 1. The van der Waals surface area contributed by atoms with E-state index < -0.39 is 0 Å². The fourth-order valence-electron chi connectivity index (χ4n) is 1.01. The molecule has 0 unspecified atom stereocenters. The molecule has 0 bridgehead atoms. The van der Waals surface area contributed by atoms with Crippen LogP contribution in [0.1, 0.15) is 0 Å². The molecule has 54 valence electrons. The smallest absolute Gasteiger partial charge is 0.170 e. The molecule has 0 atom stereocenters. The first-order valence-electron chi connectivity index (χ1n) is 3.44. The normalized spacial score (nSPS) is 9.33. The minimum atomic E-state index is 0.820. The zero-order valence-electron chi connectivity index (χ0n) is 6.23. The van der Waals surface area contributed by atoms with Crippen molar-refractivity contribution < 1.29 is 0 Å². The Hall–Kier alpha value is -1.76. The molecule has 0 spiro atoms. The summed E-state index contributed by atoms with van der Waals surface area (Å²) in [6.07, 6.45) is 0. The van der Waals surface area contributed by atoms with E-state index in [0.717, 1.165) is 11.0 Å². The van der Waals surface area contributed by atoms with E-state index in [1.807, 2.05) is 24.3 Å². The van der Waals surface area contributed by atoms with Crippen molar-refractivity contribution in [1.29, 1.82) is 0 Å². The summed E-state index contributed by atoms with van der Waals surface area (Å²) in [5.41, 5.74) is 1.69. The van der Waals surface area contributed by atoms with Crippen LogP contribution in [-0.4, -0.2) is 22.8 Å². The average molecular weight is 153 g/mol. The minimum absolute atomic E-state index is 0.820. The van der Waals surface area contributed by atoms with Crippen molar-refractivity contribution >= 4 is 18.9 Å². The van der Waals surface area contributed by atoms with Crippen LogP contribution in [0.5, 0.6) is 0 Å². The second-order valence-corrected chi connectivity index (χ2v) is 2.25. The molecule has 0 amide bonds. The van der Waals surface area contributed by atoms with Crippen molar-refractivity contribution in [2.75, 3.05) is 0 Å². The second kappa shape index (κ2) is 2.70. The molecule has 0 fully saturated rings. The van der Waals surface area contributed by atoms with Crippen LogP contribution in [0.4, 0.5) is 0 Å². The Labute approximate surface area is 70.8 Å². The minimum Gasteiger partial charge on any atom is -0.170 e. The SMILES string of the molecule is [B]C#Cn1nnc2ccccc21. The predicted octanol–water partition coefficient (Wildman–Crippen LogP) is 0.366. The number of rotatable bonds is 0. The van der Waals surface area contributed by atoms with Gasteiger partial charge in [0.1, 0.15) is 11.0 Å². The molecule has 3 nitrogen and oxygen atoms in total. The Morgan fingerprint density at radius 3 is 3.00 bits per heavy atom. The van der Waals surface area contributed by atoms with E-state index in [-0.39, 0.29) is 0 Å². The highest BCUT2D eigenvalue weighted by molar-refractivity contribution is 6.22. The van der Waals surface area contributed by atoms with Crippen molar-refractivity contribution in [2.24, 2.45) is 0 Å². The van der Waals surface area contributed by atoms with Crippen molar-refractivity contribution in [3.63, 3.8) is 0 Å². The molecular formula is C8H4BN3. The summed E-state index contributed by atoms with van der Waals surface area (Å²) in [6, 6.07) is 10.2. The molecule has 4 heteroatoms. The first-order valence-corrected chi connectivity index (χ1v) is 3.44. The van der Waals surface area contributed by atoms with Gasteiger partial charge in [0, 0.05) is 6.04 Å². The molecule has 2 aromatic rings. The van der Waals surface area contributed by atoms with Crippen LogP contribution < -0.4 is 0 Å². The Morgan fingerprint density at radius 2 is 2.17 bits per heavy atom. The van der Waals surface area contributed by atoms with E-state index in [9.17, 15) is 0 Å². The zero-order valence-corrected chi connectivity index (χ0v) is 6.23. The van der Waals surface area contributed by atoms with E-state index in [4.69, 9.17) is 7.85 Å². The van der Waals surface area contributed by atoms with Crippen molar-refractivity contribution in [3.05, 3.63) is 24.3 Å². The molecule has 0 saturated heterocycles. The van der Waals surface area contributed by atoms with Crippen molar-refractivity contribution in [3.8, 4) is 11.9 Å². The van der Waals surface area contributed by atoms with E-state index in [1.54, 1.807) is 0 Å². The number of nitrogens with zero attached hydrogens (tertiary/aromatic N) is 3. The first kappa shape index (κ1) is 6.92. The molecule has 1 aromatic carbocycles. The molecule has 0 saturated carbocycles. The quantitative estimate of drug-likeness (QED) is 0.404. The van der Waals surface area contributed by atoms with Crippen LogP contribution >= 0.6 is 0 Å². The summed E-state index contributed by atoms with van der Waals surface area (Å²) in [4.78, 5) is 0. The average Bonchev–Trinajstić information content (AvgIpc) is 2.50. The topological polar surface area (TPSA) is 30.7 Å². The third-order valence-electron chi connectivity index (χ3n) is 1.52. The molecule has 12 heavy (non-hydrogen) atoms. The Balaban J connectivity index is 2.76. The van der Waals surface area contributed by atoms with Gasteiger partial charge < -0.3 is 0 Å². The zero-order chi connectivity index (χ0) is 8.39. The monoisotopic (exact) mass is 153 g/mol. The fraction of sp³-hybridized carbons (Fsp3) is 0. The molecule has 1 heterocycles. The van der Waals surface area contributed by atoms with Crippen LogP contribution in [0, 0.1) is 11.9 Å². The molecule has 0 aliphatic carbocycles. The lowest BCUT2D eigenvalue weighted by Crippen LogP contribution is -1.90. The molecular weight excluding hydrogens is 149 g/mol. The standard InChI is InChI=1S/C8H4BN3/c9-5-6-12-8-4-2-1-3-7(8)10-11-12/h1-4H. The molecule has 2 radical (unpaired) electrons. The maximum absolute atomic E-state index is 5.06. The highest BCUT2D eigenvalue weighted by Gasteiger charge is 1.98. The summed E-state index contributed by atoms with van der Waals surface area (Å²) < 4.78 is 1.45. The van der Waals surface area contributed by atoms with Crippen molar-refractivity contribution in [2.45, 2.75) is 0 Å². The highest BCUT2D eigenvalue weighted by atomic mass is 15.4. The van der Waals surface area contributed by atoms with Gasteiger partial charge in [-0.15, -0.1) is 10.9 Å². The van der Waals surface area contributed by atoms with Gasteiger partial charge in [-0.1, -0.05) is 17.3 Å². The predicted molar refractivity (Wildman–Crippen MR) is 46.5 cm³/mol. The Morgan fingerprint density at radius 1 is 1.33 bits per heavy atom. The van der Waals surface area contributed by atoms with Gasteiger partial charge in [0.15, 0.2) is 7.85 Å². The van der Waals surface area contributed by atoms with Gasteiger partial charge in [0.25, 0.3) is 0 Å². The van der Waals surface area contributed by atoms with Gasteiger partial charge in [-0.05, 0) is 12.1 Å². The number of hydrogen-bond donors (Lipinski definition) is 0. The lowest BCUT2D eigenvalue weighted by Gasteiger charge is -1.87.